The maximum Gasteiger partial charge on any atom is 0.433 e. The zero-order valence-corrected chi connectivity index (χ0v) is 7.56. The molecular formula is C7H9F3N4O. The number of aromatic amines is 1. The molecule has 0 aliphatic rings. The van der Waals surface area contributed by atoms with Gasteiger partial charge in [-0.2, -0.15) is 13.2 Å². The van der Waals surface area contributed by atoms with Crippen molar-refractivity contribution in [3.8, 4) is 0 Å². The van der Waals surface area contributed by atoms with Crippen molar-refractivity contribution >= 4 is 5.95 Å². The Labute approximate surface area is 82.5 Å². The monoisotopic (exact) mass is 222 g/mol. The summed E-state index contributed by atoms with van der Waals surface area (Å²) in [6.07, 6.45) is -4.63. The van der Waals surface area contributed by atoms with Gasteiger partial charge in [-0.15, -0.1) is 0 Å². The van der Waals surface area contributed by atoms with E-state index in [1.165, 1.54) is 0 Å². The lowest BCUT2D eigenvalue weighted by Gasteiger charge is -2.07. The van der Waals surface area contributed by atoms with E-state index in [0.29, 0.717) is 6.07 Å². The number of nitrogens with two attached hydrogens (primary N) is 1. The van der Waals surface area contributed by atoms with Crippen LogP contribution in [0.2, 0.25) is 0 Å². The van der Waals surface area contributed by atoms with Crippen molar-refractivity contribution in [3.63, 3.8) is 0 Å². The van der Waals surface area contributed by atoms with E-state index < -0.39 is 17.4 Å². The number of nitrogens with zero attached hydrogens (tertiary/aromatic N) is 1. The highest BCUT2D eigenvalue weighted by Crippen LogP contribution is 2.26. The van der Waals surface area contributed by atoms with Gasteiger partial charge in [0, 0.05) is 19.2 Å². The van der Waals surface area contributed by atoms with Crippen molar-refractivity contribution in [1.29, 1.82) is 0 Å². The van der Waals surface area contributed by atoms with Gasteiger partial charge in [-0.1, -0.05) is 0 Å². The third-order valence-electron chi connectivity index (χ3n) is 1.47. The van der Waals surface area contributed by atoms with E-state index in [4.69, 9.17) is 5.73 Å². The molecule has 8 heteroatoms. The van der Waals surface area contributed by atoms with E-state index in [9.17, 15) is 18.0 Å². The topological polar surface area (TPSA) is 83.8 Å². The summed E-state index contributed by atoms with van der Waals surface area (Å²) in [7, 11) is 0. The summed E-state index contributed by atoms with van der Waals surface area (Å²) in [5.41, 5.74) is 3.04. The van der Waals surface area contributed by atoms with Gasteiger partial charge in [0.15, 0.2) is 5.69 Å². The van der Waals surface area contributed by atoms with Gasteiger partial charge in [-0.3, -0.25) is 9.78 Å². The number of halogens is 3. The fraction of sp³-hybridized carbons (Fsp3) is 0.429. The molecule has 1 heterocycles. The summed E-state index contributed by atoms with van der Waals surface area (Å²) in [5.74, 6) is -0.236. The second kappa shape index (κ2) is 4.30. The Morgan fingerprint density at radius 1 is 1.53 bits per heavy atom. The molecule has 0 saturated heterocycles. The normalized spacial score (nSPS) is 11.5. The first kappa shape index (κ1) is 11.5. The van der Waals surface area contributed by atoms with E-state index in [-0.39, 0.29) is 19.0 Å². The van der Waals surface area contributed by atoms with Crippen LogP contribution in [0.3, 0.4) is 0 Å². The Morgan fingerprint density at radius 3 is 2.73 bits per heavy atom. The first-order chi connectivity index (χ1) is 6.93. The number of H-pyrrole nitrogens is 1. The molecule has 0 saturated carbocycles. The summed E-state index contributed by atoms with van der Waals surface area (Å²) in [4.78, 5) is 16.2. The number of hydrogen-bond acceptors (Lipinski definition) is 4. The lowest BCUT2D eigenvalue weighted by Crippen LogP contribution is -2.21. The molecule has 0 aliphatic carbocycles. The quantitative estimate of drug-likeness (QED) is 0.680. The maximum absolute atomic E-state index is 12.2. The minimum Gasteiger partial charge on any atom is -0.354 e. The molecule has 15 heavy (non-hydrogen) atoms. The van der Waals surface area contributed by atoms with E-state index in [1.54, 1.807) is 0 Å². The molecule has 0 radical (unpaired) electrons. The predicted octanol–water partition coefficient (Wildman–Crippen LogP) is 0.159. The Kier molecular flexibility index (Phi) is 3.30. The van der Waals surface area contributed by atoms with Crippen molar-refractivity contribution in [2.45, 2.75) is 6.18 Å². The Balaban J connectivity index is 3.01. The van der Waals surface area contributed by atoms with Crippen molar-refractivity contribution in [2.75, 3.05) is 18.4 Å². The van der Waals surface area contributed by atoms with Gasteiger partial charge in [0.1, 0.15) is 0 Å². The van der Waals surface area contributed by atoms with Gasteiger partial charge in [-0.05, 0) is 0 Å². The SMILES string of the molecule is NCCNc1nc(C(F)(F)F)cc(=O)[nH]1. The lowest BCUT2D eigenvalue weighted by molar-refractivity contribution is -0.141. The van der Waals surface area contributed by atoms with Crippen LogP contribution in [0.25, 0.3) is 0 Å². The van der Waals surface area contributed by atoms with E-state index in [0.717, 1.165) is 0 Å². The van der Waals surface area contributed by atoms with Crippen LogP contribution >= 0.6 is 0 Å². The van der Waals surface area contributed by atoms with Gasteiger partial charge in [0.05, 0.1) is 0 Å². The molecule has 84 valence electrons. The molecule has 0 bridgehead atoms. The minimum absolute atomic E-state index is 0.222. The predicted molar refractivity (Wildman–Crippen MR) is 47.4 cm³/mol. The first-order valence-corrected chi connectivity index (χ1v) is 4.06. The molecular weight excluding hydrogens is 213 g/mol. The summed E-state index contributed by atoms with van der Waals surface area (Å²) in [5, 5.41) is 2.46. The summed E-state index contributed by atoms with van der Waals surface area (Å²) in [6, 6.07) is 0.396. The van der Waals surface area contributed by atoms with Gasteiger partial charge < -0.3 is 11.1 Å². The van der Waals surface area contributed by atoms with E-state index in [2.05, 4.69) is 15.3 Å². The van der Waals surface area contributed by atoms with Crippen LogP contribution in [0.5, 0.6) is 0 Å². The Bertz CT molecular complexity index is 387. The van der Waals surface area contributed by atoms with Crippen LogP contribution in [0.15, 0.2) is 10.9 Å². The lowest BCUT2D eigenvalue weighted by atomic mass is 10.4. The molecule has 0 amide bonds. The van der Waals surface area contributed by atoms with Crippen molar-refractivity contribution in [1.82, 2.24) is 9.97 Å². The van der Waals surface area contributed by atoms with Crippen LogP contribution in [-0.4, -0.2) is 23.1 Å². The largest absolute Gasteiger partial charge is 0.433 e. The van der Waals surface area contributed by atoms with Crippen LogP contribution in [0, 0.1) is 0 Å². The summed E-state index contributed by atoms with van der Waals surface area (Å²) >= 11 is 0. The van der Waals surface area contributed by atoms with Crippen LogP contribution in [0.4, 0.5) is 19.1 Å². The molecule has 0 fully saturated rings. The average molecular weight is 222 g/mol. The molecule has 4 N–H and O–H groups in total. The van der Waals surface area contributed by atoms with Crippen molar-refractivity contribution in [3.05, 3.63) is 22.1 Å². The zero-order valence-electron chi connectivity index (χ0n) is 7.56. The molecule has 0 unspecified atom stereocenters. The maximum atomic E-state index is 12.2. The molecule has 5 nitrogen and oxygen atoms in total. The number of aromatic nitrogens is 2. The molecule has 0 atom stereocenters. The smallest absolute Gasteiger partial charge is 0.354 e. The Hall–Kier alpha value is -1.57. The fourth-order valence-corrected chi connectivity index (χ4v) is 0.877. The number of alkyl halides is 3. The number of nitrogens with one attached hydrogen (secondary N) is 2. The fourth-order valence-electron chi connectivity index (χ4n) is 0.877. The second-order valence-electron chi connectivity index (χ2n) is 2.69. The zero-order chi connectivity index (χ0) is 11.5. The van der Waals surface area contributed by atoms with Crippen LogP contribution in [-0.2, 0) is 6.18 Å². The highest BCUT2D eigenvalue weighted by Gasteiger charge is 2.33. The second-order valence-corrected chi connectivity index (χ2v) is 2.69. The highest BCUT2D eigenvalue weighted by molar-refractivity contribution is 5.25. The van der Waals surface area contributed by atoms with E-state index >= 15 is 0 Å². The molecule has 0 spiro atoms. The number of rotatable bonds is 3. The molecule has 0 aliphatic heterocycles. The van der Waals surface area contributed by atoms with Gasteiger partial charge in [0.2, 0.25) is 5.95 Å². The summed E-state index contributed by atoms with van der Waals surface area (Å²) < 4.78 is 36.6. The summed E-state index contributed by atoms with van der Waals surface area (Å²) in [6.45, 7) is 0.449. The van der Waals surface area contributed by atoms with E-state index in [1.807, 2.05) is 0 Å². The van der Waals surface area contributed by atoms with Crippen LogP contribution in [0.1, 0.15) is 5.69 Å². The molecule has 1 aromatic rings. The number of hydrogen-bond donors (Lipinski definition) is 3. The van der Waals surface area contributed by atoms with Crippen LogP contribution < -0.4 is 16.6 Å². The first-order valence-electron chi connectivity index (χ1n) is 4.06. The standard InChI is InChI=1S/C7H9F3N4O/c8-7(9,10)4-3-5(15)14-6(13-4)12-2-1-11/h3H,1-2,11H2,(H2,12,13,14,15). The Morgan fingerprint density at radius 2 is 2.20 bits per heavy atom. The third kappa shape index (κ3) is 3.24. The van der Waals surface area contributed by atoms with Gasteiger partial charge in [-0.25, -0.2) is 4.98 Å². The van der Waals surface area contributed by atoms with Gasteiger partial charge >= 0.3 is 6.18 Å². The van der Waals surface area contributed by atoms with Gasteiger partial charge in [0.25, 0.3) is 5.56 Å². The third-order valence-corrected chi connectivity index (χ3v) is 1.47. The number of anilines is 1. The van der Waals surface area contributed by atoms with Crippen molar-refractivity contribution < 1.29 is 13.2 Å². The van der Waals surface area contributed by atoms with Crippen molar-refractivity contribution in [2.24, 2.45) is 5.73 Å². The minimum atomic E-state index is -4.63. The average Bonchev–Trinajstić information content (AvgIpc) is 2.12. The molecule has 1 aromatic heterocycles. The molecule has 1 rings (SSSR count). The molecule has 0 aromatic carbocycles. The highest BCUT2D eigenvalue weighted by atomic mass is 19.4.